The number of urea groups is 1. The Kier molecular flexibility index (Phi) is 5.17. The van der Waals surface area contributed by atoms with Crippen LogP contribution in [0, 0.1) is 0 Å². The Morgan fingerprint density at radius 2 is 2.00 bits per heavy atom. The molecule has 0 unspecified atom stereocenters. The molecule has 0 heterocycles. The van der Waals surface area contributed by atoms with Crippen LogP contribution in [0.15, 0.2) is 24.3 Å². The maximum atomic E-state index is 12.4. The lowest BCUT2D eigenvalue weighted by Crippen LogP contribution is -2.33. The van der Waals surface area contributed by atoms with Crippen LogP contribution in [0.4, 0.5) is 23.7 Å². The molecule has 106 valence electrons. The molecule has 0 aromatic heterocycles. The predicted octanol–water partition coefficient (Wildman–Crippen LogP) is 2.25. The van der Waals surface area contributed by atoms with E-state index in [1.165, 1.54) is 30.1 Å². The van der Waals surface area contributed by atoms with Crippen LogP contribution >= 0.6 is 0 Å². The number of hydrogen-bond donors (Lipinski definition) is 2. The molecular formula is C12H15F3N2O2. The van der Waals surface area contributed by atoms with Gasteiger partial charge in [0.15, 0.2) is 0 Å². The van der Waals surface area contributed by atoms with E-state index in [0.717, 1.165) is 0 Å². The second-order valence-corrected chi connectivity index (χ2v) is 4.02. The summed E-state index contributed by atoms with van der Waals surface area (Å²) < 4.78 is 37.1. The van der Waals surface area contributed by atoms with E-state index < -0.39 is 18.6 Å². The number of nitrogens with one attached hydrogen (secondary N) is 1. The summed E-state index contributed by atoms with van der Waals surface area (Å²) in [5.41, 5.74) is 0.121. The number of halogens is 3. The zero-order valence-electron chi connectivity index (χ0n) is 10.4. The van der Waals surface area contributed by atoms with Crippen molar-refractivity contribution >= 4 is 11.7 Å². The van der Waals surface area contributed by atoms with E-state index in [9.17, 15) is 18.0 Å². The first kappa shape index (κ1) is 15.3. The van der Waals surface area contributed by atoms with Crippen molar-refractivity contribution in [1.82, 2.24) is 4.90 Å². The summed E-state index contributed by atoms with van der Waals surface area (Å²) in [4.78, 5) is 12.8. The molecule has 2 N–H and O–H groups in total. The highest BCUT2D eigenvalue weighted by Crippen LogP contribution is 2.26. The Morgan fingerprint density at radius 3 is 2.58 bits per heavy atom. The topological polar surface area (TPSA) is 52.6 Å². The molecule has 0 radical (unpaired) electrons. The number of benzene rings is 1. The molecule has 0 aliphatic rings. The second kappa shape index (κ2) is 6.42. The van der Waals surface area contributed by atoms with Crippen molar-refractivity contribution in [3.63, 3.8) is 0 Å². The number of alkyl halides is 3. The molecule has 0 aliphatic carbocycles. The quantitative estimate of drug-likeness (QED) is 0.886. The number of likely N-dealkylation sites (N-methyl/N-ethyl adjacent to an activating group) is 1. The fourth-order valence-corrected chi connectivity index (χ4v) is 1.47. The molecular weight excluding hydrogens is 261 g/mol. The molecule has 0 aliphatic heterocycles. The van der Waals surface area contributed by atoms with E-state index in [1.54, 1.807) is 6.07 Å². The fraction of sp³-hybridized carbons (Fsp3) is 0.417. The molecule has 0 spiro atoms. The normalized spacial score (nSPS) is 11.2. The number of nitrogens with zero attached hydrogens (tertiary/aromatic N) is 1. The number of carbonyl (C=O) groups excluding carboxylic acids is 1. The smallest absolute Gasteiger partial charge is 0.393 e. The van der Waals surface area contributed by atoms with Gasteiger partial charge in [0, 0.05) is 19.3 Å². The van der Waals surface area contributed by atoms with Gasteiger partial charge in [0.2, 0.25) is 0 Å². The Bertz CT molecular complexity index is 435. The van der Waals surface area contributed by atoms with Crippen molar-refractivity contribution in [2.45, 2.75) is 12.6 Å². The summed E-state index contributed by atoms with van der Waals surface area (Å²) in [5.74, 6) is 0. The lowest BCUT2D eigenvalue weighted by molar-refractivity contribution is -0.127. The molecule has 1 aromatic rings. The molecule has 4 nitrogen and oxygen atoms in total. The Hall–Kier alpha value is -1.76. The van der Waals surface area contributed by atoms with Crippen molar-refractivity contribution in [3.05, 3.63) is 29.8 Å². The summed E-state index contributed by atoms with van der Waals surface area (Å²) in [5, 5.41) is 11.1. The van der Waals surface area contributed by atoms with E-state index in [4.69, 9.17) is 5.11 Å². The first-order valence-corrected chi connectivity index (χ1v) is 5.61. The number of aliphatic hydroxyl groups is 1. The highest BCUT2D eigenvalue weighted by atomic mass is 19.4. The highest BCUT2D eigenvalue weighted by Gasteiger charge is 2.29. The molecule has 0 saturated heterocycles. The van der Waals surface area contributed by atoms with Gasteiger partial charge in [-0.2, -0.15) is 13.2 Å². The van der Waals surface area contributed by atoms with Crippen LogP contribution < -0.4 is 5.32 Å². The van der Waals surface area contributed by atoms with E-state index in [1.807, 2.05) is 0 Å². The zero-order chi connectivity index (χ0) is 14.5. The number of amides is 2. The number of hydrogen-bond acceptors (Lipinski definition) is 2. The van der Waals surface area contributed by atoms with E-state index >= 15 is 0 Å². The molecule has 1 aromatic carbocycles. The third-order valence-corrected chi connectivity index (χ3v) is 2.43. The zero-order valence-corrected chi connectivity index (χ0v) is 10.4. The van der Waals surface area contributed by atoms with E-state index in [0.29, 0.717) is 0 Å². The standard InChI is InChI=1S/C12H15F3N2O2/c1-17(6-7-18)11(19)16-10-5-3-2-4-9(10)8-12(13,14)15/h2-5,18H,6-8H2,1H3,(H,16,19). The average Bonchev–Trinajstić information content (AvgIpc) is 2.30. The van der Waals surface area contributed by atoms with Crippen LogP contribution in [0.2, 0.25) is 0 Å². The van der Waals surface area contributed by atoms with Crippen molar-refractivity contribution in [1.29, 1.82) is 0 Å². The highest BCUT2D eigenvalue weighted by molar-refractivity contribution is 5.90. The molecule has 0 fully saturated rings. The molecule has 2 amide bonds. The van der Waals surface area contributed by atoms with Gasteiger partial charge in [0.25, 0.3) is 0 Å². The summed E-state index contributed by atoms with van der Waals surface area (Å²) in [7, 11) is 1.44. The number of aliphatic hydroxyl groups excluding tert-OH is 1. The van der Waals surface area contributed by atoms with Gasteiger partial charge in [-0.05, 0) is 11.6 Å². The minimum atomic E-state index is -4.34. The number of carbonyl (C=O) groups is 1. The monoisotopic (exact) mass is 276 g/mol. The van der Waals surface area contributed by atoms with Crippen molar-refractivity contribution in [2.75, 3.05) is 25.5 Å². The van der Waals surface area contributed by atoms with Gasteiger partial charge in [0.05, 0.1) is 13.0 Å². The van der Waals surface area contributed by atoms with Gasteiger partial charge < -0.3 is 15.3 Å². The lowest BCUT2D eigenvalue weighted by atomic mass is 10.1. The Morgan fingerprint density at radius 1 is 1.37 bits per heavy atom. The Labute approximate surface area is 108 Å². The lowest BCUT2D eigenvalue weighted by Gasteiger charge is -2.18. The SMILES string of the molecule is CN(CCO)C(=O)Nc1ccccc1CC(F)(F)F. The summed E-state index contributed by atoms with van der Waals surface area (Å²) in [6.07, 6.45) is -5.44. The molecule has 19 heavy (non-hydrogen) atoms. The first-order chi connectivity index (χ1) is 8.83. The summed E-state index contributed by atoms with van der Waals surface area (Å²) >= 11 is 0. The van der Waals surface area contributed by atoms with Crippen LogP contribution in [0.1, 0.15) is 5.56 Å². The van der Waals surface area contributed by atoms with Crippen LogP contribution in [0.3, 0.4) is 0 Å². The third-order valence-electron chi connectivity index (χ3n) is 2.43. The maximum absolute atomic E-state index is 12.4. The molecule has 0 bridgehead atoms. The van der Waals surface area contributed by atoms with Crippen molar-refractivity contribution in [2.24, 2.45) is 0 Å². The first-order valence-electron chi connectivity index (χ1n) is 5.61. The molecule has 7 heteroatoms. The van der Waals surface area contributed by atoms with Crippen molar-refractivity contribution < 1.29 is 23.1 Å². The van der Waals surface area contributed by atoms with Crippen LogP contribution in [0.5, 0.6) is 0 Å². The summed E-state index contributed by atoms with van der Waals surface area (Å²) in [6.45, 7) is -0.110. The van der Waals surface area contributed by atoms with Crippen molar-refractivity contribution in [3.8, 4) is 0 Å². The largest absolute Gasteiger partial charge is 0.395 e. The van der Waals surface area contributed by atoms with E-state index in [-0.39, 0.29) is 24.4 Å². The number of para-hydroxylation sites is 1. The Balaban J connectivity index is 2.81. The van der Waals surface area contributed by atoms with E-state index in [2.05, 4.69) is 5.32 Å². The minimum absolute atomic E-state index is 0.000693. The van der Waals surface area contributed by atoms with Crippen LogP contribution in [-0.2, 0) is 6.42 Å². The minimum Gasteiger partial charge on any atom is -0.395 e. The fourth-order valence-electron chi connectivity index (χ4n) is 1.47. The molecule has 0 atom stereocenters. The van der Waals surface area contributed by atoms with Gasteiger partial charge in [0.1, 0.15) is 0 Å². The van der Waals surface area contributed by atoms with Gasteiger partial charge >= 0.3 is 12.2 Å². The van der Waals surface area contributed by atoms with Crippen LogP contribution in [0.25, 0.3) is 0 Å². The number of anilines is 1. The number of rotatable bonds is 4. The van der Waals surface area contributed by atoms with Gasteiger partial charge in [-0.25, -0.2) is 4.79 Å². The second-order valence-electron chi connectivity index (χ2n) is 4.02. The van der Waals surface area contributed by atoms with Crippen LogP contribution in [-0.4, -0.2) is 42.4 Å². The molecule has 0 saturated carbocycles. The predicted molar refractivity (Wildman–Crippen MR) is 64.9 cm³/mol. The van der Waals surface area contributed by atoms with Gasteiger partial charge in [-0.15, -0.1) is 0 Å². The third kappa shape index (κ3) is 5.17. The van der Waals surface area contributed by atoms with Gasteiger partial charge in [-0.1, -0.05) is 18.2 Å². The van der Waals surface area contributed by atoms with Gasteiger partial charge in [-0.3, -0.25) is 0 Å². The summed E-state index contributed by atoms with van der Waals surface area (Å²) in [6, 6.07) is 5.18. The molecule has 1 rings (SSSR count). The average molecular weight is 276 g/mol. The maximum Gasteiger partial charge on any atom is 0.393 e.